The van der Waals surface area contributed by atoms with E-state index in [9.17, 15) is 15.2 Å². The van der Waals surface area contributed by atoms with Crippen LogP contribution in [0.3, 0.4) is 0 Å². The monoisotopic (exact) mass is 412 g/mol. The van der Waals surface area contributed by atoms with Crippen LogP contribution in [-0.2, 0) is 4.84 Å². The molecular formula is C18H18Cl2N2O5. The number of ether oxygens (including phenoxy) is 1. The fraction of sp³-hybridized carbons (Fsp3) is 0.278. The second kappa shape index (κ2) is 9.99. The Labute approximate surface area is 166 Å². The van der Waals surface area contributed by atoms with E-state index in [1.165, 1.54) is 24.3 Å². The smallest absolute Gasteiger partial charge is 0.269 e. The van der Waals surface area contributed by atoms with Crippen molar-refractivity contribution >= 4 is 34.6 Å². The van der Waals surface area contributed by atoms with E-state index in [0.29, 0.717) is 37.5 Å². The number of hydrogen-bond donors (Lipinski definition) is 1. The van der Waals surface area contributed by atoms with Crippen LogP contribution in [-0.4, -0.2) is 29.0 Å². The number of halogens is 2. The Bertz CT molecular complexity index is 802. The molecule has 0 saturated heterocycles. The number of phenolic OH excluding ortho intramolecular Hbond substituents is 1. The van der Waals surface area contributed by atoms with Crippen LogP contribution in [0.25, 0.3) is 0 Å². The summed E-state index contributed by atoms with van der Waals surface area (Å²) in [7, 11) is 0. The Balaban J connectivity index is 1.71. The summed E-state index contributed by atoms with van der Waals surface area (Å²) in [6.07, 6.45) is 1.39. The number of oxime groups is 1. The van der Waals surface area contributed by atoms with E-state index in [-0.39, 0.29) is 21.5 Å². The number of hydrogen-bond acceptors (Lipinski definition) is 6. The van der Waals surface area contributed by atoms with Crippen molar-refractivity contribution in [2.75, 3.05) is 13.2 Å². The zero-order valence-corrected chi connectivity index (χ0v) is 16.0. The quantitative estimate of drug-likeness (QED) is 0.264. The summed E-state index contributed by atoms with van der Waals surface area (Å²) >= 11 is 11.9. The highest BCUT2D eigenvalue weighted by Gasteiger charge is 2.09. The van der Waals surface area contributed by atoms with Crippen LogP contribution in [0.4, 0.5) is 5.69 Å². The second-order valence-electron chi connectivity index (χ2n) is 5.61. The van der Waals surface area contributed by atoms with E-state index in [1.807, 2.05) is 0 Å². The van der Waals surface area contributed by atoms with Crippen molar-refractivity contribution in [1.29, 1.82) is 0 Å². The normalized spacial score (nSPS) is 11.3. The zero-order chi connectivity index (χ0) is 19.8. The molecule has 0 atom stereocenters. The van der Waals surface area contributed by atoms with Crippen LogP contribution in [0.5, 0.6) is 11.5 Å². The Morgan fingerprint density at radius 2 is 1.74 bits per heavy atom. The van der Waals surface area contributed by atoms with Gasteiger partial charge in [-0.1, -0.05) is 28.4 Å². The molecular weight excluding hydrogens is 395 g/mol. The average molecular weight is 413 g/mol. The molecule has 2 aromatic rings. The Morgan fingerprint density at radius 1 is 1.15 bits per heavy atom. The molecule has 0 spiro atoms. The first-order chi connectivity index (χ1) is 12.9. The first-order valence-electron chi connectivity index (χ1n) is 8.10. The topological polar surface area (TPSA) is 94.2 Å². The first-order valence-corrected chi connectivity index (χ1v) is 8.86. The van der Waals surface area contributed by atoms with E-state index in [1.54, 1.807) is 19.1 Å². The number of rotatable bonds is 9. The number of nitro benzene ring substituents is 1. The second-order valence-corrected chi connectivity index (χ2v) is 6.42. The van der Waals surface area contributed by atoms with Crippen molar-refractivity contribution < 1.29 is 19.6 Å². The minimum absolute atomic E-state index is 0.0213. The van der Waals surface area contributed by atoms with Crippen molar-refractivity contribution in [3.05, 3.63) is 62.1 Å². The third-order valence-electron chi connectivity index (χ3n) is 3.56. The van der Waals surface area contributed by atoms with Crippen molar-refractivity contribution in [1.82, 2.24) is 0 Å². The lowest BCUT2D eigenvalue weighted by Gasteiger charge is -2.10. The zero-order valence-electron chi connectivity index (χ0n) is 14.5. The third kappa shape index (κ3) is 6.30. The van der Waals surface area contributed by atoms with Crippen LogP contribution in [0.1, 0.15) is 25.3 Å². The SMILES string of the molecule is CC(=NOCCCCOc1c(Cl)cc(O)cc1Cl)c1ccc([N+](=O)[O-])cc1. The molecule has 0 aliphatic heterocycles. The Hall–Kier alpha value is -2.51. The molecule has 0 amide bonds. The lowest BCUT2D eigenvalue weighted by molar-refractivity contribution is -0.384. The first kappa shape index (κ1) is 20.8. The highest BCUT2D eigenvalue weighted by atomic mass is 35.5. The lowest BCUT2D eigenvalue weighted by Crippen LogP contribution is -2.02. The van der Waals surface area contributed by atoms with E-state index in [0.717, 1.165) is 5.56 Å². The van der Waals surface area contributed by atoms with Gasteiger partial charge in [0.05, 0.1) is 27.3 Å². The summed E-state index contributed by atoms with van der Waals surface area (Å²) in [5.41, 5.74) is 1.41. The molecule has 0 bridgehead atoms. The molecule has 144 valence electrons. The van der Waals surface area contributed by atoms with E-state index < -0.39 is 4.92 Å². The van der Waals surface area contributed by atoms with Crippen molar-refractivity contribution in [3.63, 3.8) is 0 Å². The summed E-state index contributed by atoms with van der Waals surface area (Å²) in [6.45, 7) is 2.54. The molecule has 2 rings (SSSR count). The summed E-state index contributed by atoms with van der Waals surface area (Å²) < 4.78 is 5.53. The maximum Gasteiger partial charge on any atom is 0.269 e. The van der Waals surface area contributed by atoms with Gasteiger partial charge in [0, 0.05) is 24.3 Å². The van der Waals surface area contributed by atoms with Gasteiger partial charge in [0.1, 0.15) is 12.4 Å². The molecule has 2 aromatic carbocycles. The summed E-state index contributed by atoms with van der Waals surface area (Å²) in [4.78, 5) is 15.4. The molecule has 1 N–H and O–H groups in total. The molecule has 0 aromatic heterocycles. The Morgan fingerprint density at radius 3 is 2.33 bits per heavy atom. The van der Waals surface area contributed by atoms with Gasteiger partial charge in [-0.25, -0.2) is 0 Å². The number of benzene rings is 2. The third-order valence-corrected chi connectivity index (χ3v) is 4.12. The van der Waals surface area contributed by atoms with E-state index in [4.69, 9.17) is 32.8 Å². The van der Waals surface area contributed by atoms with Crippen LogP contribution < -0.4 is 4.74 Å². The molecule has 0 aliphatic rings. The van der Waals surface area contributed by atoms with Gasteiger partial charge in [0.25, 0.3) is 5.69 Å². The fourth-order valence-electron chi connectivity index (χ4n) is 2.15. The maximum absolute atomic E-state index is 10.6. The van der Waals surface area contributed by atoms with Gasteiger partial charge in [-0.2, -0.15) is 0 Å². The number of phenols is 1. The van der Waals surface area contributed by atoms with Gasteiger partial charge in [-0.05, 0) is 37.5 Å². The van der Waals surface area contributed by atoms with Crippen molar-refractivity contribution in [2.24, 2.45) is 5.16 Å². The number of non-ortho nitro benzene ring substituents is 1. The minimum atomic E-state index is -0.451. The summed E-state index contributed by atoms with van der Waals surface area (Å²) in [5.74, 6) is 0.316. The fourth-order valence-corrected chi connectivity index (χ4v) is 2.73. The molecule has 27 heavy (non-hydrogen) atoms. The van der Waals surface area contributed by atoms with Crippen LogP contribution in [0.15, 0.2) is 41.6 Å². The maximum atomic E-state index is 10.6. The largest absolute Gasteiger partial charge is 0.508 e. The predicted molar refractivity (Wildman–Crippen MR) is 104 cm³/mol. The van der Waals surface area contributed by atoms with E-state index >= 15 is 0 Å². The molecule has 7 nitrogen and oxygen atoms in total. The Kier molecular flexibility index (Phi) is 7.69. The molecule has 0 radical (unpaired) electrons. The lowest BCUT2D eigenvalue weighted by atomic mass is 10.1. The van der Waals surface area contributed by atoms with Gasteiger partial charge in [-0.15, -0.1) is 0 Å². The van der Waals surface area contributed by atoms with Crippen molar-refractivity contribution in [2.45, 2.75) is 19.8 Å². The highest BCUT2D eigenvalue weighted by molar-refractivity contribution is 6.37. The number of unbranched alkanes of at least 4 members (excludes halogenated alkanes) is 1. The van der Waals surface area contributed by atoms with Gasteiger partial charge < -0.3 is 14.7 Å². The van der Waals surface area contributed by atoms with Gasteiger partial charge >= 0.3 is 0 Å². The van der Waals surface area contributed by atoms with Crippen LogP contribution >= 0.6 is 23.2 Å². The number of nitro groups is 1. The molecule has 0 aliphatic carbocycles. The summed E-state index contributed by atoms with van der Waals surface area (Å²) in [6, 6.07) is 8.82. The molecule has 0 heterocycles. The van der Waals surface area contributed by atoms with E-state index in [2.05, 4.69) is 5.16 Å². The highest BCUT2D eigenvalue weighted by Crippen LogP contribution is 2.36. The number of nitrogens with zero attached hydrogens (tertiary/aromatic N) is 2. The van der Waals surface area contributed by atoms with Gasteiger partial charge in [0.15, 0.2) is 5.75 Å². The molecule has 0 saturated carbocycles. The van der Waals surface area contributed by atoms with Gasteiger partial charge in [0.2, 0.25) is 0 Å². The summed E-state index contributed by atoms with van der Waals surface area (Å²) in [5, 5.41) is 24.5. The van der Waals surface area contributed by atoms with Crippen LogP contribution in [0.2, 0.25) is 10.0 Å². The van der Waals surface area contributed by atoms with Crippen LogP contribution in [0, 0.1) is 10.1 Å². The number of aromatic hydroxyl groups is 1. The molecule has 9 heteroatoms. The van der Waals surface area contributed by atoms with Crippen molar-refractivity contribution in [3.8, 4) is 11.5 Å². The average Bonchev–Trinajstić information content (AvgIpc) is 2.62. The standard InChI is InChI=1S/C18H18Cl2N2O5/c1-12(13-4-6-14(7-5-13)22(24)25)21-27-9-3-2-8-26-18-16(19)10-15(23)11-17(18)20/h4-7,10-11,23H,2-3,8-9H2,1H3. The van der Waals surface area contributed by atoms with Gasteiger partial charge in [-0.3, -0.25) is 10.1 Å². The minimum Gasteiger partial charge on any atom is -0.508 e. The molecule has 0 fully saturated rings. The molecule has 0 unspecified atom stereocenters. The predicted octanol–water partition coefficient (Wildman–Crippen LogP) is 5.21.